The van der Waals surface area contributed by atoms with Crippen LogP contribution in [0, 0.1) is 12.8 Å². The Kier molecular flexibility index (Phi) is 4.99. The minimum atomic E-state index is -4.39. The summed E-state index contributed by atoms with van der Waals surface area (Å²) in [6, 6.07) is 6.39. The van der Waals surface area contributed by atoms with Gasteiger partial charge in [0, 0.05) is 29.0 Å². The lowest BCUT2D eigenvalue weighted by Gasteiger charge is -2.18. The Bertz CT molecular complexity index is 742. The highest BCUT2D eigenvalue weighted by atomic mass is 32.1. The first-order valence-electron chi connectivity index (χ1n) is 7.94. The largest absolute Gasteiger partial charge is 0.417 e. The van der Waals surface area contributed by atoms with Gasteiger partial charge >= 0.3 is 6.18 Å². The highest BCUT2D eigenvalue weighted by molar-refractivity contribution is 7.11. The van der Waals surface area contributed by atoms with Crippen molar-refractivity contribution in [3.05, 3.63) is 45.8 Å². The molecule has 1 amide bonds. The SMILES string of the molecule is Cc1ccc(CNC(=O)[C@H]2CCN(c3ccc(C(F)(F)F)cn3)C2)s1. The predicted molar refractivity (Wildman–Crippen MR) is 90.5 cm³/mol. The molecule has 3 rings (SSSR count). The third kappa shape index (κ3) is 4.31. The number of carbonyl (C=O) groups excluding carboxylic acids is 1. The Morgan fingerprint density at radius 2 is 2.16 bits per heavy atom. The van der Waals surface area contributed by atoms with Crippen molar-refractivity contribution < 1.29 is 18.0 Å². The Balaban J connectivity index is 1.55. The van der Waals surface area contributed by atoms with Crippen molar-refractivity contribution in [3.8, 4) is 0 Å². The number of thiophene rings is 1. The van der Waals surface area contributed by atoms with Crippen LogP contribution in [0.3, 0.4) is 0 Å². The number of nitrogens with one attached hydrogen (secondary N) is 1. The fourth-order valence-electron chi connectivity index (χ4n) is 2.82. The number of nitrogens with zero attached hydrogens (tertiary/aromatic N) is 2. The van der Waals surface area contributed by atoms with E-state index in [1.165, 1.54) is 10.9 Å². The number of alkyl halides is 3. The summed E-state index contributed by atoms with van der Waals surface area (Å²) in [7, 11) is 0. The molecule has 2 aromatic rings. The minimum Gasteiger partial charge on any atom is -0.356 e. The molecule has 0 aliphatic carbocycles. The van der Waals surface area contributed by atoms with E-state index in [-0.39, 0.29) is 11.8 Å². The van der Waals surface area contributed by atoms with Crippen LogP contribution in [0.5, 0.6) is 0 Å². The zero-order valence-corrected chi connectivity index (χ0v) is 14.5. The average molecular weight is 369 g/mol. The molecular weight excluding hydrogens is 351 g/mol. The van der Waals surface area contributed by atoms with Gasteiger partial charge in [0.25, 0.3) is 0 Å². The van der Waals surface area contributed by atoms with Gasteiger partial charge in [0.1, 0.15) is 5.82 Å². The molecule has 1 aliphatic rings. The van der Waals surface area contributed by atoms with Crippen LogP contribution >= 0.6 is 11.3 Å². The van der Waals surface area contributed by atoms with E-state index in [0.29, 0.717) is 31.9 Å². The number of halogens is 3. The standard InChI is InChI=1S/C17H18F3N3OS/c1-11-2-4-14(25-11)9-22-16(24)12-6-7-23(10-12)15-5-3-13(8-21-15)17(18,19)20/h2-5,8,12H,6-7,9-10H2,1H3,(H,22,24)/t12-/m0/s1. The lowest BCUT2D eigenvalue weighted by Crippen LogP contribution is -2.32. The van der Waals surface area contributed by atoms with Crippen molar-refractivity contribution in [1.29, 1.82) is 0 Å². The maximum Gasteiger partial charge on any atom is 0.417 e. The van der Waals surface area contributed by atoms with E-state index in [0.717, 1.165) is 17.1 Å². The first-order valence-corrected chi connectivity index (χ1v) is 8.76. The second-order valence-electron chi connectivity index (χ2n) is 6.06. The molecule has 2 aromatic heterocycles. The van der Waals surface area contributed by atoms with Crippen molar-refractivity contribution in [1.82, 2.24) is 10.3 Å². The van der Waals surface area contributed by atoms with E-state index >= 15 is 0 Å². The Labute approximate surface area is 147 Å². The molecule has 0 aromatic carbocycles. The van der Waals surface area contributed by atoms with Gasteiger partial charge < -0.3 is 10.2 Å². The van der Waals surface area contributed by atoms with Gasteiger partial charge in [-0.25, -0.2) is 4.98 Å². The summed E-state index contributed by atoms with van der Waals surface area (Å²) in [4.78, 5) is 20.3. The average Bonchev–Trinajstić information content (AvgIpc) is 3.21. The van der Waals surface area contributed by atoms with Gasteiger partial charge in [0.05, 0.1) is 18.0 Å². The normalized spacial score (nSPS) is 17.8. The molecule has 0 saturated carbocycles. The van der Waals surface area contributed by atoms with Crippen LogP contribution in [0.2, 0.25) is 0 Å². The fraction of sp³-hybridized carbons (Fsp3) is 0.412. The zero-order chi connectivity index (χ0) is 18.0. The molecule has 134 valence electrons. The van der Waals surface area contributed by atoms with Crippen molar-refractivity contribution in [2.75, 3.05) is 18.0 Å². The van der Waals surface area contributed by atoms with Crippen LogP contribution in [0.4, 0.5) is 19.0 Å². The second kappa shape index (κ2) is 7.03. The van der Waals surface area contributed by atoms with Crippen molar-refractivity contribution in [2.45, 2.75) is 26.1 Å². The quantitative estimate of drug-likeness (QED) is 0.896. The summed E-state index contributed by atoms with van der Waals surface area (Å²) in [6.45, 7) is 3.59. The van der Waals surface area contributed by atoms with E-state index in [1.54, 1.807) is 11.3 Å². The number of pyridine rings is 1. The summed E-state index contributed by atoms with van der Waals surface area (Å²) in [5.74, 6) is 0.266. The van der Waals surface area contributed by atoms with Gasteiger partial charge in [-0.15, -0.1) is 11.3 Å². The van der Waals surface area contributed by atoms with Crippen LogP contribution < -0.4 is 10.2 Å². The molecule has 0 spiro atoms. The molecule has 0 unspecified atom stereocenters. The lowest BCUT2D eigenvalue weighted by atomic mass is 10.1. The molecule has 0 radical (unpaired) electrons. The maximum absolute atomic E-state index is 12.6. The van der Waals surface area contributed by atoms with E-state index in [1.807, 2.05) is 24.0 Å². The maximum atomic E-state index is 12.6. The first-order chi connectivity index (χ1) is 11.8. The highest BCUT2D eigenvalue weighted by Crippen LogP contribution is 2.30. The molecule has 25 heavy (non-hydrogen) atoms. The third-order valence-electron chi connectivity index (χ3n) is 4.19. The Morgan fingerprint density at radius 3 is 2.76 bits per heavy atom. The molecule has 1 aliphatic heterocycles. The van der Waals surface area contributed by atoms with E-state index < -0.39 is 11.7 Å². The van der Waals surface area contributed by atoms with Crippen LogP contribution in [-0.4, -0.2) is 24.0 Å². The van der Waals surface area contributed by atoms with Crippen LogP contribution in [0.1, 0.15) is 21.7 Å². The summed E-state index contributed by atoms with van der Waals surface area (Å²) in [5, 5.41) is 2.93. The molecule has 1 saturated heterocycles. The van der Waals surface area contributed by atoms with Crippen LogP contribution in [-0.2, 0) is 17.5 Å². The monoisotopic (exact) mass is 369 g/mol. The van der Waals surface area contributed by atoms with E-state index in [9.17, 15) is 18.0 Å². The second-order valence-corrected chi connectivity index (χ2v) is 7.44. The van der Waals surface area contributed by atoms with Crippen LogP contribution in [0.15, 0.2) is 30.5 Å². The number of anilines is 1. The summed E-state index contributed by atoms with van der Waals surface area (Å²) < 4.78 is 37.8. The number of aryl methyl sites for hydroxylation is 1. The third-order valence-corrected chi connectivity index (χ3v) is 5.19. The van der Waals surface area contributed by atoms with Gasteiger partial charge in [-0.05, 0) is 37.6 Å². The van der Waals surface area contributed by atoms with Crippen molar-refractivity contribution in [2.24, 2.45) is 5.92 Å². The van der Waals surface area contributed by atoms with Gasteiger partial charge in [-0.1, -0.05) is 0 Å². The molecular formula is C17H18F3N3OS. The number of aromatic nitrogens is 1. The molecule has 4 nitrogen and oxygen atoms in total. The first kappa shape index (κ1) is 17.7. The Hall–Kier alpha value is -2.09. The number of hydrogen-bond donors (Lipinski definition) is 1. The number of hydrogen-bond acceptors (Lipinski definition) is 4. The topological polar surface area (TPSA) is 45.2 Å². The van der Waals surface area contributed by atoms with Gasteiger partial charge in [-0.2, -0.15) is 13.2 Å². The molecule has 1 atom stereocenters. The molecule has 3 heterocycles. The van der Waals surface area contributed by atoms with Gasteiger partial charge in [-0.3, -0.25) is 4.79 Å². The number of rotatable bonds is 4. The summed E-state index contributed by atoms with van der Waals surface area (Å²) >= 11 is 1.65. The lowest BCUT2D eigenvalue weighted by molar-refractivity contribution is -0.137. The van der Waals surface area contributed by atoms with E-state index in [2.05, 4.69) is 10.3 Å². The van der Waals surface area contributed by atoms with Gasteiger partial charge in [0.15, 0.2) is 0 Å². The van der Waals surface area contributed by atoms with Crippen LogP contribution in [0.25, 0.3) is 0 Å². The highest BCUT2D eigenvalue weighted by Gasteiger charge is 2.32. The minimum absolute atomic E-state index is 0.0273. The number of carbonyl (C=O) groups is 1. The van der Waals surface area contributed by atoms with E-state index in [4.69, 9.17) is 0 Å². The predicted octanol–water partition coefficient (Wildman–Crippen LogP) is 3.61. The fourth-order valence-corrected chi connectivity index (χ4v) is 3.65. The number of amides is 1. The zero-order valence-electron chi connectivity index (χ0n) is 13.6. The van der Waals surface area contributed by atoms with Crippen molar-refractivity contribution in [3.63, 3.8) is 0 Å². The molecule has 8 heteroatoms. The van der Waals surface area contributed by atoms with Gasteiger partial charge in [0.2, 0.25) is 5.91 Å². The smallest absolute Gasteiger partial charge is 0.356 e. The summed E-state index contributed by atoms with van der Waals surface area (Å²) in [6.07, 6.45) is -2.89. The Morgan fingerprint density at radius 1 is 1.36 bits per heavy atom. The molecule has 0 bridgehead atoms. The summed E-state index contributed by atoms with van der Waals surface area (Å²) in [5.41, 5.74) is -0.768. The molecule has 1 N–H and O–H groups in total. The molecule has 1 fully saturated rings. The van der Waals surface area contributed by atoms with Crippen molar-refractivity contribution >= 4 is 23.1 Å².